The lowest BCUT2D eigenvalue weighted by Crippen LogP contribution is -2.57. The van der Waals surface area contributed by atoms with Gasteiger partial charge in [0.15, 0.2) is 0 Å². The van der Waals surface area contributed by atoms with Crippen LogP contribution in [0.25, 0.3) is 10.9 Å². The number of aromatic amines is 1. The first-order chi connectivity index (χ1) is 22.7. The Hall–Kier alpha value is -4.21. The van der Waals surface area contributed by atoms with E-state index >= 15 is 0 Å². The van der Waals surface area contributed by atoms with Crippen LogP contribution in [0.2, 0.25) is 5.02 Å². The lowest BCUT2D eigenvalue weighted by atomic mass is 9.88. The van der Waals surface area contributed by atoms with E-state index in [1.165, 1.54) is 0 Å². The van der Waals surface area contributed by atoms with Crippen LogP contribution in [0.3, 0.4) is 0 Å². The number of para-hydroxylation sites is 1. The Morgan fingerprint density at radius 2 is 1.77 bits per heavy atom. The molecule has 10 heteroatoms. The van der Waals surface area contributed by atoms with E-state index in [1.54, 1.807) is 12.0 Å². The van der Waals surface area contributed by atoms with Crippen molar-refractivity contribution >= 4 is 40.1 Å². The first-order valence-corrected chi connectivity index (χ1v) is 16.7. The maximum absolute atomic E-state index is 14.8. The molecule has 1 saturated heterocycles. The van der Waals surface area contributed by atoms with Gasteiger partial charge < -0.3 is 34.5 Å². The topological polar surface area (TPSA) is 90.1 Å². The first-order valence-electron chi connectivity index (χ1n) is 16.4. The second kappa shape index (κ2) is 14.3. The second-order valence-electron chi connectivity index (χ2n) is 13.0. The van der Waals surface area contributed by atoms with E-state index in [4.69, 9.17) is 21.1 Å². The van der Waals surface area contributed by atoms with Crippen LogP contribution in [-0.4, -0.2) is 86.3 Å². The van der Waals surface area contributed by atoms with Crippen molar-refractivity contribution in [2.45, 2.75) is 44.2 Å². The average molecular weight is 658 g/mol. The van der Waals surface area contributed by atoms with Gasteiger partial charge in [-0.15, -0.1) is 0 Å². The highest BCUT2D eigenvalue weighted by Gasteiger charge is 2.38. The van der Waals surface area contributed by atoms with E-state index in [0.717, 1.165) is 52.2 Å². The van der Waals surface area contributed by atoms with Crippen molar-refractivity contribution in [3.8, 4) is 11.5 Å². The van der Waals surface area contributed by atoms with Crippen LogP contribution in [0, 0.1) is 5.92 Å². The molecule has 9 nitrogen and oxygen atoms in total. The van der Waals surface area contributed by atoms with Gasteiger partial charge in [-0.1, -0.05) is 36.7 Å². The summed E-state index contributed by atoms with van der Waals surface area (Å²) in [7, 11) is 5.74. The van der Waals surface area contributed by atoms with Crippen LogP contribution >= 0.6 is 11.6 Å². The number of hydrogen-bond acceptors (Lipinski definition) is 5. The van der Waals surface area contributed by atoms with E-state index in [1.807, 2.05) is 92.8 Å². The number of amides is 3. The molecule has 4 aromatic rings. The van der Waals surface area contributed by atoms with Crippen molar-refractivity contribution in [3.05, 3.63) is 89.1 Å². The Bertz CT molecular complexity index is 1700. The van der Waals surface area contributed by atoms with E-state index in [0.29, 0.717) is 37.5 Å². The van der Waals surface area contributed by atoms with Crippen molar-refractivity contribution in [3.63, 3.8) is 0 Å². The number of aromatic nitrogens is 1. The zero-order valence-corrected chi connectivity index (χ0v) is 28.3. The highest BCUT2D eigenvalue weighted by molar-refractivity contribution is 6.30. The van der Waals surface area contributed by atoms with E-state index < -0.39 is 6.04 Å². The van der Waals surface area contributed by atoms with Crippen LogP contribution in [0.4, 0.5) is 10.5 Å². The minimum absolute atomic E-state index is 0.000300. The average Bonchev–Trinajstić information content (AvgIpc) is 3.51. The van der Waals surface area contributed by atoms with Crippen LogP contribution in [0.15, 0.2) is 72.9 Å². The molecule has 3 amide bonds. The molecule has 0 radical (unpaired) electrons. The lowest BCUT2D eigenvalue weighted by Gasteiger charge is -2.39. The summed E-state index contributed by atoms with van der Waals surface area (Å²) < 4.78 is 11.4. The SMILES string of the molecule is COc1ccc(OC2CCN(C(=O)NC(C(=O)N3C[C@@H](CN(C)C)Cc4cc(Cl)ccc43)C(C)c3c[nH]c4ccccc34)CC2)cc1. The van der Waals surface area contributed by atoms with Gasteiger partial charge in [0.2, 0.25) is 5.91 Å². The van der Waals surface area contributed by atoms with Crippen molar-refractivity contribution < 1.29 is 19.1 Å². The molecule has 47 heavy (non-hydrogen) atoms. The maximum atomic E-state index is 14.8. The number of halogens is 1. The van der Waals surface area contributed by atoms with Gasteiger partial charge in [0, 0.05) is 72.7 Å². The Kier molecular flexibility index (Phi) is 9.94. The van der Waals surface area contributed by atoms with E-state index in [-0.39, 0.29) is 29.9 Å². The highest BCUT2D eigenvalue weighted by Crippen LogP contribution is 2.35. The van der Waals surface area contributed by atoms with Gasteiger partial charge in [0.05, 0.1) is 7.11 Å². The van der Waals surface area contributed by atoms with Crippen molar-refractivity contribution in [2.75, 3.05) is 52.3 Å². The predicted octanol–water partition coefficient (Wildman–Crippen LogP) is 6.32. The maximum Gasteiger partial charge on any atom is 0.318 e. The number of benzene rings is 3. The molecule has 3 atom stereocenters. The number of nitrogens with one attached hydrogen (secondary N) is 2. The number of anilines is 1. The number of fused-ring (bicyclic) bond motifs is 2. The van der Waals surface area contributed by atoms with Crippen LogP contribution in [-0.2, 0) is 11.2 Å². The highest BCUT2D eigenvalue weighted by atomic mass is 35.5. The molecule has 0 bridgehead atoms. The molecule has 0 spiro atoms. The fourth-order valence-corrected chi connectivity index (χ4v) is 7.22. The number of methoxy groups -OCH3 is 1. The molecule has 2 unspecified atom stereocenters. The summed E-state index contributed by atoms with van der Waals surface area (Å²) in [5.74, 6) is 1.36. The molecule has 1 fully saturated rings. The zero-order valence-electron chi connectivity index (χ0n) is 27.5. The van der Waals surface area contributed by atoms with Gasteiger partial charge in [-0.2, -0.15) is 0 Å². The molecular formula is C37H44ClN5O4. The standard InChI is InChI=1S/C37H44ClN5O4/c1-24(32-21-39-33-8-6-5-7-31(32)33)35(36(44)43-23-25(22-41(2)3)19-26-20-27(38)9-14-34(26)43)40-37(45)42-17-15-30(16-18-42)47-29-12-10-28(46-4)11-13-29/h5-14,20-21,24-25,30,35,39H,15-19,22-23H2,1-4H3,(H,40,45)/t24?,25-,35?/m1/s1. The number of carbonyl (C=O) groups is 2. The van der Waals surface area contributed by atoms with Gasteiger partial charge >= 0.3 is 6.03 Å². The summed E-state index contributed by atoms with van der Waals surface area (Å²) in [4.78, 5) is 37.9. The number of ether oxygens (including phenoxy) is 2. The molecule has 2 aliphatic heterocycles. The monoisotopic (exact) mass is 657 g/mol. The van der Waals surface area contributed by atoms with Gasteiger partial charge in [-0.25, -0.2) is 4.79 Å². The summed E-state index contributed by atoms with van der Waals surface area (Å²) in [5.41, 5.74) is 3.89. The summed E-state index contributed by atoms with van der Waals surface area (Å²) >= 11 is 6.42. The minimum Gasteiger partial charge on any atom is -0.497 e. The third-order valence-electron chi connectivity index (χ3n) is 9.42. The number of urea groups is 1. The van der Waals surface area contributed by atoms with Crippen LogP contribution in [0.5, 0.6) is 11.5 Å². The first kappa shape index (κ1) is 32.7. The molecule has 2 aliphatic rings. The molecular weight excluding hydrogens is 614 g/mol. The zero-order chi connectivity index (χ0) is 33.1. The number of H-pyrrole nitrogens is 1. The largest absolute Gasteiger partial charge is 0.497 e. The smallest absolute Gasteiger partial charge is 0.318 e. The van der Waals surface area contributed by atoms with Gasteiger partial charge in [0.25, 0.3) is 0 Å². The van der Waals surface area contributed by atoms with Gasteiger partial charge in [-0.3, -0.25) is 4.79 Å². The molecule has 0 aliphatic carbocycles. The minimum atomic E-state index is -0.795. The molecule has 3 heterocycles. The van der Waals surface area contributed by atoms with Crippen molar-refractivity contribution in [2.24, 2.45) is 5.92 Å². The van der Waals surface area contributed by atoms with Crippen molar-refractivity contribution in [1.29, 1.82) is 0 Å². The number of carbonyl (C=O) groups excluding carboxylic acids is 2. The van der Waals surface area contributed by atoms with Gasteiger partial charge in [0.1, 0.15) is 23.6 Å². The predicted molar refractivity (Wildman–Crippen MR) is 187 cm³/mol. The molecule has 1 aromatic heterocycles. The third-order valence-corrected chi connectivity index (χ3v) is 9.65. The van der Waals surface area contributed by atoms with Gasteiger partial charge in [-0.05, 0) is 86.1 Å². The van der Waals surface area contributed by atoms with Crippen molar-refractivity contribution in [1.82, 2.24) is 20.1 Å². The Labute approximate surface area is 281 Å². The van der Waals surface area contributed by atoms with E-state index in [2.05, 4.69) is 21.3 Å². The molecule has 6 rings (SSSR count). The number of nitrogens with zero attached hydrogens (tertiary/aromatic N) is 3. The third kappa shape index (κ3) is 7.36. The lowest BCUT2D eigenvalue weighted by molar-refractivity contribution is -0.121. The number of hydrogen-bond donors (Lipinski definition) is 2. The Morgan fingerprint density at radius 1 is 1.04 bits per heavy atom. The number of piperidine rings is 1. The summed E-state index contributed by atoms with van der Waals surface area (Å²) in [5, 5.41) is 4.89. The summed E-state index contributed by atoms with van der Waals surface area (Å²) in [6.45, 7) is 4.48. The Morgan fingerprint density at radius 3 is 2.49 bits per heavy atom. The summed E-state index contributed by atoms with van der Waals surface area (Å²) in [6.07, 6.45) is 4.19. The Balaban J connectivity index is 1.23. The summed E-state index contributed by atoms with van der Waals surface area (Å²) in [6, 6.07) is 20.3. The normalized spacial score (nSPS) is 18.1. The second-order valence-corrected chi connectivity index (χ2v) is 13.5. The number of rotatable bonds is 9. The fourth-order valence-electron chi connectivity index (χ4n) is 7.03. The van der Waals surface area contributed by atoms with Crippen LogP contribution in [0.1, 0.15) is 36.8 Å². The molecule has 248 valence electrons. The van der Waals surface area contributed by atoms with Crippen LogP contribution < -0.4 is 19.7 Å². The fraction of sp³-hybridized carbons (Fsp3) is 0.405. The molecule has 2 N–H and O–H groups in total. The number of likely N-dealkylation sites (tertiary alicyclic amines) is 1. The van der Waals surface area contributed by atoms with E-state index in [9.17, 15) is 9.59 Å². The molecule has 3 aromatic carbocycles. The molecule has 0 saturated carbocycles. The quantitative estimate of drug-likeness (QED) is 0.220.